The van der Waals surface area contributed by atoms with Gasteiger partial charge >= 0.3 is 6.09 Å². The van der Waals surface area contributed by atoms with Crippen LogP contribution in [0.25, 0.3) is 0 Å². The van der Waals surface area contributed by atoms with E-state index in [4.69, 9.17) is 25.7 Å². The lowest BCUT2D eigenvalue weighted by atomic mass is 10.1. The molecule has 0 aromatic heterocycles. The first-order valence-corrected chi connectivity index (χ1v) is 16.2. The van der Waals surface area contributed by atoms with Crippen molar-refractivity contribution in [1.29, 1.82) is 0 Å². The molecule has 3 atom stereocenters. The van der Waals surface area contributed by atoms with Crippen LogP contribution in [0.2, 0.25) is 0 Å². The second-order valence-corrected chi connectivity index (χ2v) is 11.4. The van der Waals surface area contributed by atoms with Gasteiger partial charge in [0.1, 0.15) is 18.7 Å². The van der Waals surface area contributed by atoms with Crippen LogP contribution in [0.3, 0.4) is 0 Å². The Hall–Kier alpha value is -3.71. The molecule has 2 fully saturated rings. The molecule has 1 aromatic carbocycles. The minimum Gasteiger partial charge on any atom is -0.444 e. The van der Waals surface area contributed by atoms with Crippen LogP contribution >= 0.6 is 0 Å². The summed E-state index contributed by atoms with van der Waals surface area (Å²) in [5, 5.41) is 3.09. The molecule has 0 radical (unpaired) electrons. The molecule has 13 nitrogen and oxygen atoms in total. The molecule has 0 bridgehead atoms. The smallest absolute Gasteiger partial charge is 0.417 e. The number of rotatable bonds is 18. The van der Waals surface area contributed by atoms with Crippen molar-refractivity contribution in [3.05, 3.63) is 35.9 Å². The van der Waals surface area contributed by atoms with Crippen molar-refractivity contribution in [1.82, 2.24) is 15.1 Å². The topological polar surface area (TPSA) is 179 Å². The molecule has 3 rings (SSSR count). The molecule has 0 saturated carbocycles. The Bertz CT molecular complexity index is 1120. The van der Waals surface area contributed by atoms with Crippen LogP contribution in [0.1, 0.15) is 83.6 Å². The van der Waals surface area contributed by atoms with Gasteiger partial charge in [0.25, 0.3) is 0 Å². The van der Waals surface area contributed by atoms with Crippen molar-refractivity contribution in [2.75, 3.05) is 26.3 Å². The number of aliphatic imine (C=N–C) groups is 1. The highest BCUT2D eigenvalue weighted by Gasteiger charge is 2.46. The summed E-state index contributed by atoms with van der Waals surface area (Å²) in [6.45, 7) is 5.79. The second-order valence-electron chi connectivity index (χ2n) is 11.4. The Morgan fingerprint density at radius 3 is 2.33 bits per heavy atom. The van der Waals surface area contributed by atoms with Crippen LogP contribution in [0.15, 0.2) is 35.3 Å². The first-order chi connectivity index (χ1) is 21.8. The van der Waals surface area contributed by atoms with Crippen molar-refractivity contribution < 1.29 is 33.4 Å². The molecule has 1 aromatic rings. The second kappa shape index (κ2) is 18.9. The molecule has 250 valence electrons. The van der Waals surface area contributed by atoms with Gasteiger partial charge in [-0.25, -0.2) is 9.69 Å². The molecule has 2 aliphatic heterocycles. The number of unbranched alkanes of at least 4 members (excludes halogenated alkanes) is 2. The molecule has 0 aliphatic carbocycles. The largest absolute Gasteiger partial charge is 0.444 e. The monoisotopic (exact) mass is 630 g/mol. The number of carbonyl (C=O) groups excluding carboxylic acids is 4. The molecule has 0 spiro atoms. The number of imide groups is 1. The first-order valence-electron chi connectivity index (χ1n) is 16.2. The van der Waals surface area contributed by atoms with Crippen LogP contribution in [0.4, 0.5) is 4.79 Å². The fourth-order valence-corrected chi connectivity index (χ4v) is 5.47. The predicted octanol–water partition coefficient (Wildman–Crippen LogP) is 2.80. The zero-order chi connectivity index (χ0) is 32.6. The van der Waals surface area contributed by atoms with Gasteiger partial charge in [-0.1, -0.05) is 57.0 Å². The van der Waals surface area contributed by atoms with E-state index in [0.717, 1.165) is 36.1 Å². The van der Waals surface area contributed by atoms with Gasteiger partial charge in [0.2, 0.25) is 17.7 Å². The molecule has 2 saturated heterocycles. The van der Waals surface area contributed by atoms with Crippen LogP contribution in [0.5, 0.6) is 0 Å². The fourth-order valence-electron chi connectivity index (χ4n) is 5.47. The standard InChI is InChI=1S/C32H50N6O7/c1-3-5-20-43-30(44-21-6-4-2)24(14-10-18-35-31(33)34)36-28(40)25-15-11-19-37(25)29(41)26-16-17-27(39)38(26)32(42)45-22-23-12-8-7-9-13-23/h7-9,12-13,24-26,30H,3-6,10-11,14-22H2,1-2H3,(H,36,40)(H4,33,34,35)/t24-,25-,26+/m0/s1. The van der Waals surface area contributed by atoms with Crippen LogP contribution in [0, 0.1) is 0 Å². The number of amides is 4. The minimum absolute atomic E-state index is 0.00553. The average Bonchev–Trinajstić information content (AvgIpc) is 3.68. The quantitative estimate of drug-likeness (QED) is 0.0952. The summed E-state index contributed by atoms with van der Waals surface area (Å²) in [7, 11) is 0. The summed E-state index contributed by atoms with van der Waals surface area (Å²) < 4.78 is 17.6. The third kappa shape index (κ3) is 11.0. The SMILES string of the molecule is CCCCOC(OCCCC)[C@H](CCCN=C(N)N)NC(=O)[C@@H]1CCCN1C(=O)[C@H]1CCC(=O)N1C(=O)OCc1ccccc1. The zero-order valence-electron chi connectivity index (χ0n) is 26.7. The number of ether oxygens (including phenoxy) is 3. The number of carbonyl (C=O) groups is 4. The van der Waals surface area contributed by atoms with Gasteiger partial charge in [0, 0.05) is 32.7 Å². The van der Waals surface area contributed by atoms with Crippen molar-refractivity contribution in [2.24, 2.45) is 16.5 Å². The maximum Gasteiger partial charge on any atom is 0.417 e. The number of nitrogens with two attached hydrogens (primary N) is 2. The summed E-state index contributed by atoms with van der Waals surface area (Å²) in [5.41, 5.74) is 11.7. The molecule has 4 amide bonds. The number of nitrogens with one attached hydrogen (secondary N) is 1. The van der Waals surface area contributed by atoms with Gasteiger partial charge in [0.05, 0.1) is 6.04 Å². The fraction of sp³-hybridized carbons (Fsp3) is 0.656. The van der Waals surface area contributed by atoms with Gasteiger partial charge in [-0.2, -0.15) is 0 Å². The number of hydrogen-bond acceptors (Lipinski definition) is 8. The highest BCUT2D eigenvalue weighted by Crippen LogP contribution is 2.27. The van der Waals surface area contributed by atoms with E-state index in [1.165, 1.54) is 4.90 Å². The Balaban J connectivity index is 1.71. The highest BCUT2D eigenvalue weighted by atomic mass is 16.7. The molecule has 45 heavy (non-hydrogen) atoms. The van der Waals surface area contributed by atoms with Crippen molar-refractivity contribution in [3.63, 3.8) is 0 Å². The Morgan fingerprint density at radius 1 is 1.00 bits per heavy atom. The number of guanidine groups is 1. The van der Waals surface area contributed by atoms with Crippen LogP contribution in [-0.4, -0.2) is 90.3 Å². The van der Waals surface area contributed by atoms with E-state index in [9.17, 15) is 19.2 Å². The van der Waals surface area contributed by atoms with Crippen molar-refractivity contribution in [2.45, 2.75) is 109 Å². The summed E-state index contributed by atoms with van der Waals surface area (Å²) in [6.07, 6.45) is 4.39. The lowest BCUT2D eigenvalue weighted by Gasteiger charge is -2.32. The first kappa shape index (κ1) is 35.8. The Morgan fingerprint density at radius 2 is 1.69 bits per heavy atom. The molecular formula is C32H50N6O7. The number of hydrogen-bond donors (Lipinski definition) is 3. The lowest BCUT2D eigenvalue weighted by molar-refractivity contribution is -0.166. The zero-order valence-corrected chi connectivity index (χ0v) is 26.7. The third-order valence-electron chi connectivity index (χ3n) is 7.92. The summed E-state index contributed by atoms with van der Waals surface area (Å²) in [5.74, 6) is -1.24. The van der Waals surface area contributed by atoms with Crippen molar-refractivity contribution >= 4 is 29.8 Å². The molecule has 2 aliphatic rings. The van der Waals surface area contributed by atoms with Gasteiger partial charge in [-0.15, -0.1) is 0 Å². The lowest BCUT2D eigenvalue weighted by Crippen LogP contribution is -2.56. The summed E-state index contributed by atoms with van der Waals surface area (Å²) >= 11 is 0. The van der Waals surface area contributed by atoms with E-state index in [2.05, 4.69) is 24.2 Å². The van der Waals surface area contributed by atoms with Crippen LogP contribution in [-0.2, 0) is 35.2 Å². The van der Waals surface area contributed by atoms with E-state index >= 15 is 0 Å². The van der Waals surface area contributed by atoms with E-state index in [-0.39, 0.29) is 31.3 Å². The molecular weight excluding hydrogens is 580 g/mol. The third-order valence-corrected chi connectivity index (χ3v) is 7.92. The predicted molar refractivity (Wildman–Crippen MR) is 169 cm³/mol. The Kier molecular flexibility index (Phi) is 15.1. The number of benzene rings is 1. The number of nitrogens with zero attached hydrogens (tertiary/aromatic N) is 3. The molecule has 5 N–H and O–H groups in total. The van der Waals surface area contributed by atoms with E-state index in [1.807, 2.05) is 18.2 Å². The Labute approximate surface area is 266 Å². The van der Waals surface area contributed by atoms with Crippen LogP contribution < -0.4 is 16.8 Å². The van der Waals surface area contributed by atoms with E-state index in [0.29, 0.717) is 52.0 Å². The van der Waals surface area contributed by atoms with E-state index in [1.54, 1.807) is 12.1 Å². The van der Waals surface area contributed by atoms with Gasteiger partial charge in [0.15, 0.2) is 12.2 Å². The molecule has 13 heteroatoms. The number of likely N-dealkylation sites (tertiary alicyclic amines) is 2. The van der Waals surface area contributed by atoms with Gasteiger partial charge in [-0.05, 0) is 50.5 Å². The summed E-state index contributed by atoms with van der Waals surface area (Å²) in [4.78, 5) is 59.7. The summed E-state index contributed by atoms with van der Waals surface area (Å²) in [6, 6.07) is 6.81. The highest BCUT2D eigenvalue weighted by molar-refractivity contribution is 6.01. The van der Waals surface area contributed by atoms with E-state index < -0.39 is 42.3 Å². The molecule has 2 heterocycles. The van der Waals surface area contributed by atoms with Crippen molar-refractivity contribution in [3.8, 4) is 0 Å². The average molecular weight is 631 g/mol. The normalized spacial score (nSPS) is 18.7. The van der Waals surface area contributed by atoms with Gasteiger partial charge in [-0.3, -0.25) is 19.4 Å². The maximum atomic E-state index is 13.8. The minimum atomic E-state index is -1.02. The van der Waals surface area contributed by atoms with Gasteiger partial charge < -0.3 is 35.9 Å². The molecule has 0 unspecified atom stereocenters. The maximum absolute atomic E-state index is 13.8.